The molecule has 0 N–H and O–H groups in total. The Morgan fingerprint density at radius 3 is 2.82 bits per heavy atom. The molecule has 1 aromatic rings. The van der Waals surface area contributed by atoms with Crippen molar-refractivity contribution < 1.29 is 4.79 Å². The second-order valence-electron chi connectivity index (χ2n) is 5.93. The van der Waals surface area contributed by atoms with Crippen LogP contribution in [0.5, 0.6) is 0 Å². The van der Waals surface area contributed by atoms with Crippen LogP contribution in [0.3, 0.4) is 0 Å². The van der Waals surface area contributed by atoms with Gasteiger partial charge in [-0.05, 0) is 60.9 Å². The molecule has 0 saturated heterocycles. The molecule has 0 bridgehead atoms. The molecule has 0 radical (unpaired) electrons. The molecule has 2 heteroatoms. The zero-order valence-electron chi connectivity index (χ0n) is 10.0. The van der Waals surface area contributed by atoms with Crippen LogP contribution in [0, 0.1) is 17.8 Å². The van der Waals surface area contributed by atoms with E-state index in [0.29, 0.717) is 11.7 Å². The van der Waals surface area contributed by atoms with Gasteiger partial charge in [0, 0.05) is 16.7 Å². The second kappa shape index (κ2) is 3.68. The Kier molecular flexibility index (Phi) is 2.23. The highest BCUT2D eigenvalue weighted by molar-refractivity contribution is 7.10. The summed E-state index contributed by atoms with van der Waals surface area (Å²) in [5.41, 5.74) is 1.39. The van der Waals surface area contributed by atoms with Gasteiger partial charge in [0.15, 0.2) is 0 Å². The van der Waals surface area contributed by atoms with Crippen LogP contribution in [-0.2, 0) is 11.2 Å². The molecule has 0 aromatic carbocycles. The number of aryl methyl sites for hydroxylation is 1. The van der Waals surface area contributed by atoms with Crippen LogP contribution in [0.4, 0.5) is 0 Å². The molecule has 3 aliphatic rings. The number of thiophene rings is 1. The molecule has 1 aromatic heterocycles. The van der Waals surface area contributed by atoms with Crippen molar-refractivity contribution in [3.63, 3.8) is 0 Å². The molecule has 1 heterocycles. The summed E-state index contributed by atoms with van der Waals surface area (Å²) in [5.74, 6) is 2.89. The number of Topliss-reactive ketones (excluding diaryl/α,β-unsaturated/α-hetero) is 1. The van der Waals surface area contributed by atoms with E-state index in [1.165, 1.54) is 42.5 Å². The van der Waals surface area contributed by atoms with Crippen LogP contribution in [0.2, 0.25) is 0 Å². The molecular weight excluding hydrogens is 228 g/mol. The van der Waals surface area contributed by atoms with Gasteiger partial charge in [0.1, 0.15) is 5.78 Å². The van der Waals surface area contributed by atoms with Crippen molar-refractivity contribution in [1.82, 2.24) is 0 Å². The smallest absolute Gasteiger partial charge is 0.144 e. The van der Waals surface area contributed by atoms with Crippen LogP contribution in [0.15, 0.2) is 11.4 Å². The highest BCUT2D eigenvalue weighted by Crippen LogP contribution is 2.59. The number of carbonyl (C=O) groups excluding carboxylic acids is 1. The molecule has 0 aliphatic heterocycles. The van der Waals surface area contributed by atoms with Crippen LogP contribution < -0.4 is 0 Å². The maximum Gasteiger partial charge on any atom is 0.144 e. The quantitative estimate of drug-likeness (QED) is 0.776. The van der Waals surface area contributed by atoms with Crippen molar-refractivity contribution in [3.8, 4) is 0 Å². The summed E-state index contributed by atoms with van der Waals surface area (Å²) in [4.78, 5) is 14.1. The summed E-state index contributed by atoms with van der Waals surface area (Å²) < 4.78 is 0. The Morgan fingerprint density at radius 2 is 2.00 bits per heavy atom. The maximum absolute atomic E-state index is 12.6. The summed E-state index contributed by atoms with van der Waals surface area (Å²) >= 11 is 1.85. The van der Waals surface area contributed by atoms with Crippen LogP contribution >= 0.6 is 11.3 Å². The number of carbonyl (C=O) groups is 1. The number of rotatable bonds is 2. The van der Waals surface area contributed by atoms with Gasteiger partial charge in [-0.3, -0.25) is 4.79 Å². The first-order valence-electron chi connectivity index (χ1n) is 6.96. The molecule has 2 saturated carbocycles. The predicted molar refractivity (Wildman–Crippen MR) is 69.3 cm³/mol. The summed E-state index contributed by atoms with van der Waals surface area (Å²) in [6.45, 7) is 0. The highest BCUT2D eigenvalue weighted by Gasteiger charge is 2.57. The molecule has 0 spiro atoms. The van der Waals surface area contributed by atoms with Gasteiger partial charge in [-0.15, -0.1) is 11.3 Å². The average Bonchev–Trinajstić information content (AvgIpc) is 2.77. The van der Waals surface area contributed by atoms with Crippen LogP contribution in [-0.4, -0.2) is 5.78 Å². The predicted octanol–water partition coefficient (Wildman–Crippen LogP) is 3.78. The summed E-state index contributed by atoms with van der Waals surface area (Å²) in [6.07, 6.45) is 7.54. The largest absolute Gasteiger partial charge is 0.299 e. The van der Waals surface area contributed by atoms with Crippen molar-refractivity contribution >= 4 is 17.1 Å². The van der Waals surface area contributed by atoms with E-state index in [9.17, 15) is 4.79 Å². The maximum atomic E-state index is 12.6. The fraction of sp³-hybridized carbons (Fsp3) is 0.667. The molecule has 3 atom stereocenters. The lowest BCUT2D eigenvalue weighted by molar-refractivity contribution is -0.122. The standard InChI is InChI=1S/C15H18OS/c16-15(14-10-3-1-4-11(10)14)12-5-2-6-13-9(12)7-8-17-13/h7-8,10-12,14H,1-6H2. The topological polar surface area (TPSA) is 17.1 Å². The minimum Gasteiger partial charge on any atom is -0.299 e. The molecule has 90 valence electrons. The monoisotopic (exact) mass is 246 g/mol. The number of ketones is 1. The lowest BCUT2D eigenvalue weighted by Crippen LogP contribution is -2.20. The van der Waals surface area contributed by atoms with Gasteiger partial charge in [-0.1, -0.05) is 6.42 Å². The summed E-state index contributed by atoms with van der Waals surface area (Å²) in [5, 5.41) is 2.17. The van der Waals surface area contributed by atoms with Crippen LogP contribution in [0.25, 0.3) is 0 Å². The van der Waals surface area contributed by atoms with Crippen molar-refractivity contribution in [2.75, 3.05) is 0 Å². The first kappa shape index (κ1) is 10.3. The van der Waals surface area contributed by atoms with E-state index in [-0.39, 0.29) is 5.92 Å². The molecule has 3 unspecified atom stereocenters. The molecule has 4 rings (SSSR count). The van der Waals surface area contributed by atoms with Gasteiger partial charge in [-0.2, -0.15) is 0 Å². The van der Waals surface area contributed by atoms with E-state index in [2.05, 4.69) is 11.4 Å². The molecular formula is C15H18OS. The highest BCUT2D eigenvalue weighted by atomic mass is 32.1. The first-order chi connectivity index (χ1) is 8.36. The number of fused-ring (bicyclic) bond motifs is 2. The van der Waals surface area contributed by atoms with Crippen molar-refractivity contribution in [1.29, 1.82) is 0 Å². The normalized spacial score (nSPS) is 38.6. The Labute approximate surface area is 106 Å². The Hall–Kier alpha value is -0.630. The summed E-state index contributed by atoms with van der Waals surface area (Å²) in [6, 6.07) is 2.21. The third-order valence-electron chi connectivity index (χ3n) is 5.13. The van der Waals surface area contributed by atoms with E-state index >= 15 is 0 Å². The third kappa shape index (κ3) is 1.46. The fourth-order valence-corrected chi connectivity index (χ4v) is 5.25. The molecule has 1 nitrogen and oxygen atoms in total. The Morgan fingerprint density at radius 1 is 1.18 bits per heavy atom. The molecule has 3 aliphatic carbocycles. The number of hydrogen-bond acceptors (Lipinski definition) is 2. The van der Waals surface area contributed by atoms with E-state index < -0.39 is 0 Å². The Balaban J connectivity index is 1.59. The second-order valence-corrected chi connectivity index (χ2v) is 6.93. The van der Waals surface area contributed by atoms with E-state index in [1.807, 2.05) is 11.3 Å². The Bertz CT molecular complexity index is 451. The van der Waals surface area contributed by atoms with E-state index in [0.717, 1.165) is 18.3 Å². The van der Waals surface area contributed by atoms with E-state index in [1.54, 1.807) is 0 Å². The SMILES string of the molecule is O=C(C1CCCc2sccc21)C1C2CCCC21. The summed E-state index contributed by atoms with van der Waals surface area (Å²) in [7, 11) is 0. The third-order valence-corrected chi connectivity index (χ3v) is 6.13. The van der Waals surface area contributed by atoms with Gasteiger partial charge in [0.2, 0.25) is 0 Å². The zero-order valence-corrected chi connectivity index (χ0v) is 10.8. The van der Waals surface area contributed by atoms with Crippen LogP contribution in [0.1, 0.15) is 48.5 Å². The minimum atomic E-state index is 0.264. The molecule has 17 heavy (non-hydrogen) atoms. The lowest BCUT2D eigenvalue weighted by Gasteiger charge is -2.22. The molecule has 0 amide bonds. The fourth-order valence-electron chi connectivity index (χ4n) is 4.26. The van der Waals surface area contributed by atoms with Gasteiger partial charge < -0.3 is 0 Å². The van der Waals surface area contributed by atoms with Gasteiger partial charge in [0.25, 0.3) is 0 Å². The van der Waals surface area contributed by atoms with Crippen molar-refractivity contribution in [2.45, 2.75) is 44.4 Å². The zero-order chi connectivity index (χ0) is 11.4. The molecule has 2 fully saturated rings. The van der Waals surface area contributed by atoms with Gasteiger partial charge >= 0.3 is 0 Å². The van der Waals surface area contributed by atoms with Gasteiger partial charge in [-0.25, -0.2) is 0 Å². The van der Waals surface area contributed by atoms with Gasteiger partial charge in [0.05, 0.1) is 0 Å². The average molecular weight is 246 g/mol. The van der Waals surface area contributed by atoms with Crippen molar-refractivity contribution in [3.05, 3.63) is 21.9 Å². The first-order valence-corrected chi connectivity index (χ1v) is 7.84. The lowest BCUT2D eigenvalue weighted by atomic mass is 9.82. The minimum absolute atomic E-state index is 0.264. The van der Waals surface area contributed by atoms with E-state index in [4.69, 9.17) is 0 Å². The number of hydrogen-bond donors (Lipinski definition) is 0. The van der Waals surface area contributed by atoms with Crippen molar-refractivity contribution in [2.24, 2.45) is 17.8 Å².